The van der Waals surface area contributed by atoms with E-state index in [1.165, 1.54) is 0 Å². The van der Waals surface area contributed by atoms with Crippen LogP contribution in [-0.2, 0) is 4.74 Å². The number of rotatable bonds is 5. The number of hydrogen-bond donors (Lipinski definition) is 1. The number of nitrogens with zero attached hydrogens (tertiary/aromatic N) is 2. The maximum atomic E-state index is 6.01. The van der Waals surface area contributed by atoms with Crippen LogP contribution in [-0.4, -0.2) is 31.8 Å². The summed E-state index contributed by atoms with van der Waals surface area (Å²) in [6.45, 7) is 4.26. The second-order valence-electron chi connectivity index (χ2n) is 4.34. The second-order valence-corrected chi connectivity index (χ2v) is 5.26. The molecule has 0 saturated carbocycles. The van der Waals surface area contributed by atoms with Gasteiger partial charge in [-0.1, -0.05) is 0 Å². The average molecular weight is 324 g/mol. The van der Waals surface area contributed by atoms with E-state index < -0.39 is 0 Å². The highest BCUT2D eigenvalue weighted by atomic mass is 79.9. The molecule has 0 aliphatic rings. The lowest BCUT2D eigenvalue weighted by molar-refractivity contribution is 0.154. The van der Waals surface area contributed by atoms with Crippen molar-refractivity contribution in [1.82, 2.24) is 4.98 Å². The van der Waals surface area contributed by atoms with Crippen LogP contribution in [0.2, 0.25) is 0 Å². The number of aromatic nitrogens is 1. The van der Waals surface area contributed by atoms with Gasteiger partial charge in [-0.3, -0.25) is 4.98 Å². The molecular weight excluding hydrogens is 306 g/mol. The van der Waals surface area contributed by atoms with Crippen molar-refractivity contribution in [3.8, 4) is 0 Å². The highest BCUT2D eigenvalue weighted by molar-refractivity contribution is 9.10. The zero-order valence-electron chi connectivity index (χ0n) is 11.2. The number of ether oxygens (including phenoxy) is 1. The van der Waals surface area contributed by atoms with Crippen LogP contribution < -0.4 is 10.6 Å². The van der Waals surface area contributed by atoms with Crippen LogP contribution in [0.4, 0.5) is 11.4 Å². The molecule has 19 heavy (non-hydrogen) atoms. The van der Waals surface area contributed by atoms with Gasteiger partial charge in [0, 0.05) is 41.9 Å². The van der Waals surface area contributed by atoms with Crippen LogP contribution >= 0.6 is 15.9 Å². The molecule has 1 aromatic carbocycles. The molecule has 0 aliphatic carbocycles. The Hall–Kier alpha value is -1.33. The SMILES string of the molecule is CCOCCN(C)c1ccc(N)c2cc(Br)cnc12. The van der Waals surface area contributed by atoms with Crippen molar-refractivity contribution in [2.45, 2.75) is 6.92 Å². The van der Waals surface area contributed by atoms with Crippen LogP contribution in [0.25, 0.3) is 10.9 Å². The lowest BCUT2D eigenvalue weighted by Crippen LogP contribution is -2.23. The molecular formula is C14H18BrN3O. The first-order valence-corrected chi connectivity index (χ1v) is 7.05. The monoisotopic (exact) mass is 323 g/mol. The third-order valence-electron chi connectivity index (χ3n) is 3.02. The number of hydrogen-bond acceptors (Lipinski definition) is 4. The van der Waals surface area contributed by atoms with Crippen molar-refractivity contribution in [2.24, 2.45) is 0 Å². The Morgan fingerprint density at radius 3 is 2.95 bits per heavy atom. The van der Waals surface area contributed by atoms with E-state index in [-0.39, 0.29) is 0 Å². The van der Waals surface area contributed by atoms with Crippen molar-refractivity contribution in [3.05, 3.63) is 28.9 Å². The van der Waals surface area contributed by atoms with Crippen molar-refractivity contribution >= 4 is 38.2 Å². The molecule has 1 aromatic heterocycles. The highest BCUT2D eigenvalue weighted by Crippen LogP contribution is 2.30. The minimum absolute atomic E-state index is 0.704. The largest absolute Gasteiger partial charge is 0.398 e. The van der Waals surface area contributed by atoms with Crippen molar-refractivity contribution < 1.29 is 4.74 Å². The van der Waals surface area contributed by atoms with Gasteiger partial charge in [0.2, 0.25) is 0 Å². The van der Waals surface area contributed by atoms with Crippen LogP contribution in [0.5, 0.6) is 0 Å². The fraction of sp³-hybridized carbons (Fsp3) is 0.357. The van der Waals surface area contributed by atoms with Crippen LogP contribution in [0.3, 0.4) is 0 Å². The quantitative estimate of drug-likeness (QED) is 0.678. The van der Waals surface area contributed by atoms with Crippen LogP contribution in [0.1, 0.15) is 6.92 Å². The standard InChI is InChI=1S/C14H18BrN3O/c1-3-19-7-6-18(2)13-5-4-12(16)11-8-10(15)9-17-14(11)13/h4-5,8-9H,3,6-7,16H2,1-2H3. The predicted molar refractivity (Wildman–Crippen MR) is 83.6 cm³/mol. The zero-order chi connectivity index (χ0) is 13.8. The molecule has 2 aromatic rings. The molecule has 0 bridgehead atoms. The fourth-order valence-electron chi connectivity index (χ4n) is 1.98. The van der Waals surface area contributed by atoms with Gasteiger partial charge in [-0.05, 0) is 41.1 Å². The van der Waals surface area contributed by atoms with E-state index in [9.17, 15) is 0 Å². The number of fused-ring (bicyclic) bond motifs is 1. The molecule has 0 aliphatic heterocycles. The molecule has 0 amide bonds. The lowest BCUT2D eigenvalue weighted by atomic mass is 10.1. The molecule has 0 spiro atoms. The summed E-state index contributed by atoms with van der Waals surface area (Å²) in [7, 11) is 2.04. The Morgan fingerprint density at radius 2 is 2.21 bits per heavy atom. The lowest BCUT2D eigenvalue weighted by Gasteiger charge is -2.21. The Bertz CT molecular complexity index is 574. The normalized spacial score (nSPS) is 10.9. The second kappa shape index (κ2) is 6.21. The number of benzene rings is 1. The molecule has 0 fully saturated rings. The summed E-state index contributed by atoms with van der Waals surface area (Å²) in [5, 5.41) is 0.968. The first-order valence-electron chi connectivity index (χ1n) is 6.26. The minimum Gasteiger partial charge on any atom is -0.398 e. The molecule has 0 saturated heterocycles. The molecule has 102 valence electrons. The van der Waals surface area contributed by atoms with Gasteiger partial charge in [-0.2, -0.15) is 0 Å². The van der Waals surface area contributed by atoms with Crippen molar-refractivity contribution in [3.63, 3.8) is 0 Å². The average Bonchev–Trinajstić information content (AvgIpc) is 2.40. The van der Waals surface area contributed by atoms with E-state index in [0.717, 1.165) is 39.9 Å². The van der Waals surface area contributed by atoms with Gasteiger partial charge >= 0.3 is 0 Å². The van der Waals surface area contributed by atoms with Crippen molar-refractivity contribution in [1.29, 1.82) is 0 Å². The van der Waals surface area contributed by atoms with E-state index in [0.29, 0.717) is 6.61 Å². The molecule has 2 rings (SSSR count). The summed E-state index contributed by atoms with van der Waals surface area (Å²) in [6.07, 6.45) is 1.79. The zero-order valence-corrected chi connectivity index (χ0v) is 12.8. The highest BCUT2D eigenvalue weighted by Gasteiger charge is 2.10. The van der Waals surface area contributed by atoms with Crippen LogP contribution in [0, 0.1) is 0 Å². The number of likely N-dealkylation sites (N-methyl/N-ethyl adjacent to an activating group) is 1. The van der Waals surface area contributed by atoms with Gasteiger partial charge in [0.25, 0.3) is 0 Å². The Kier molecular flexibility index (Phi) is 4.61. The van der Waals surface area contributed by atoms with Gasteiger partial charge < -0.3 is 15.4 Å². The first-order chi connectivity index (χ1) is 9.13. The van der Waals surface area contributed by atoms with Gasteiger partial charge in [0.05, 0.1) is 17.8 Å². The van der Waals surface area contributed by atoms with Crippen LogP contribution in [0.15, 0.2) is 28.9 Å². The number of pyridine rings is 1. The summed E-state index contributed by atoms with van der Waals surface area (Å²) in [6, 6.07) is 5.92. The van der Waals surface area contributed by atoms with E-state index in [1.54, 1.807) is 6.20 Å². The third-order valence-corrected chi connectivity index (χ3v) is 3.45. The third kappa shape index (κ3) is 3.16. The Balaban J connectivity index is 2.35. The topological polar surface area (TPSA) is 51.4 Å². The van der Waals surface area contributed by atoms with Gasteiger partial charge in [0.1, 0.15) is 0 Å². The maximum absolute atomic E-state index is 6.01. The Labute approximate surface area is 121 Å². The minimum atomic E-state index is 0.704. The summed E-state index contributed by atoms with van der Waals surface area (Å²) in [5.41, 5.74) is 8.74. The molecule has 0 atom stereocenters. The maximum Gasteiger partial charge on any atom is 0.0956 e. The smallest absolute Gasteiger partial charge is 0.0956 e. The summed E-state index contributed by atoms with van der Waals surface area (Å²) in [5.74, 6) is 0. The summed E-state index contributed by atoms with van der Waals surface area (Å²) < 4.78 is 6.32. The number of halogens is 1. The number of nitrogen functional groups attached to an aromatic ring is 1. The van der Waals surface area contributed by atoms with E-state index in [4.69, 9.17) is 10.5 Å². The summed E-state index contributed by atoms with van der Waals surface area (Å²) in [4.78, 5) is 6.62. The summed E-state index contributed by atoms with van der Waals surface area (Å²) >= 11 is 3.43. The van der Waals surface area contributed by atoms with Gasteiger partial charge in [-0.15, -0.1) is 0 Å². The molecule has 2 N–H and O–H groups in total. The fourth-order valence-corrected chi connectivity index (χ4v) is 2.31. The number of nitrogens with two attached hydrogens (primary N) is 1. The molecule has 0 unspecified atom stereocenters. The van der Waals surface area contributed by atoms with Gasteiger partial charge in [0.15, 0.2) is 0 Å². The number of anilines is 2. The first kappa shape index (κ1) is 14.1. The molecule has 1 heterocycles. The molecule has 4 nitrogen and oxygen atoms in total. The van der Waals surface area contributed by atoms with Gasteiger partial charge in [-0.25, -0.2) is 0 Å². The van der Waals surface area contributed by atoms with Crippen molar-refractivity contribution in [2.75, 3.05) is 37.4 Å². The van der Waals surface area contributed by atoms with E-state index in [1.807, 2.05) is 32.2 Å². The molecule has 0 radical (unpaired) electrons. The van der Waals surface area contributed by atoms with E-state index >= 15 is 0 Å². The predicted octanol–water partition coefficient (Wildman–Crippen LogP) is 3.05. The Morgan fingerprint density at radius 1 is 1.42 bits per heavy atom. The molecule has 5 heteroatoms. The van der Waals surface area contributed by atoms with E-state index in [2.05, 4.69) is 25.8 Å².